The van der Waals surface area contributed by atoms with Gasteiger partial charge in [0.1, 0.15) is 11.0 Å². The first-order chi connectivity index (χ1) is 10.6. The molecule has 1 fully saturated rings. The fourth-order valence-electron chi connectivity index (χ4n) is 3.79. The summed E-state index contributed by atoms with van der Waals surface area (Å²) in [5, 5.41) is 0. The summed E-state index contributed by atoms with van der Waals surface area (Å²) in [6.45, 7) is 4.75. The van der Waals surface area contributed by atoms with Gasteiger partial charge in [0, 0.05) is 14.0 Å². The minimum absolute atomic E-state index is 0.574. The summed E-state index contributed by atoms with van der Waals surface area (Å²) in [7, 11) is 3.80. The summed E-state index contributed by atoms with van der Waals surface area (Å²) < 4.78 is 11.6. The van der Waals surface area contributed by atoms with Crippen LogP contribution < -0.4 is 11.0 Å². The van der Waals surface area contributed by atoms with Gasteiger partial charge in [-0.3, -0.25) is 0 Å². The van der Waals surface area contributed by atoms with Crippen LogP contribution in [0, 0.1) is 11.8 Å². The standard InChI is InChI=1S/C18H26NO2P/c1-13-9-10-15(14(2)19(3)4)18(13)22(16-7-5-11-20-16)17-8-6-12-21-17/h5-8,11-15,18H,9-10H2,1-4H3/t13-,14-,15?,18?/m0/s1. The first kappa shape index (κ1) is 15.8. The Bertz CT molecular complexity index is 530. The first-order valence-electron chi connectivity index (χ1n) is 8.12. The van der Waals surface area contributed by atoms with Crippen LogP contribution in [-0.2, 0) is 0 Å². The molecule has 0 radical (unpaired) electrons. The van der Waals surface area contributed by atoms with Crippen molar-refractivity contribution in [2.75, 3.05) is 14.1 Å². The van der Waals surface area contributed by atoms with Crippen LogP contribution in [0.3, 0.4) is 0 Å². The van der Waals surface area contributed by atoms with Gasteiger partial charge >= 0.3 is 0 Å². The molecule has 3 rings (SSSR count). The Kier molecular flexibility index (Phi) is 4.75. The van der Waals surface area contributed by atoms with Crippen molar-refractivity contribution in [3.05, 3.63) is 36.8 Å². The van der Waals surface area contributed by atoms with Crippen LogP contribution in [0.1, 0.15) is 26.7 Å². The lowest BCUT2D eigenvalue weighted by Gasteiger charge is -2.35. The zero-order valence-corrected chi connectivity index (χ0v) is 14.8. The molecule has 4 heteroatoms. The van der Waals surface area contributed by atoms with E-state index in [2.05, 4.69) is 45.0 Å². The molecule has 0 N–H and O–H groups in total. The SMILES string of the molecule is C[C@H]1CCC([C@H](C)N(C)C)C1P(c1ccco1)c1ccco1. The van der Waals surface area contributed by atoms with Gasteiger partial charge < -0.3 is 13.7 Å². The molecule has 2 heterocycles. The molecule has 3 nitrogen and oxygen atoms in total. The largest absolute Gasteiger partial charge is 0.464 e. The van der Waals surface area contributed by atoms with Crippen molar-refractivity contribution < 1.29 is 8.83 Å². The molecule has 2 unspecified atom stereocenters. The maximum absolute atomic E-state index is 5.82. The highest BCUT2D eigenvalue weighted by Crippen LogP contribution is 2.54. The van der Waals surface area contributed by atoms with E-state index in [9.17, 15) is 0 Å². The summed E-state index contributed by atoms with van der Waals surface area (Å²) in [5.41, 5.74) is 2.81. The molecule has 120 valence electrons. The molecule has 1 saturated carbocycles. The predicted molar refractivity (Wildman–Crippen MR) is 92.4 cm³/mol. The van der Waals surface area contributed by atoms with Gasteiger partial charge in [-0.15, -0.1) is 0 Å². The van der Waals surface area contributed by atoms with Gasteiger partial charge in [-0.25, -0.2) is 0 Å². The molecule has 0 aliphatic heterocycles. The minimum atomic E-state index is -0.574. The molecule has 2 aromatic rings. The predicted octanol–water partition coefficient (Wildman–Crippen LogP) is 3.67. The number of nitrogens with zero attached hydrogens (tertiary/aromatic N) is 1. The summed E-state index contributed by atoms with van der Waals surface area (Å²) in [6.07, 6.45) is 6.18. The quantitative estimate of drug-likeness (QED) is 0.788. The Morgan fingerprint density at radius 1 is 1.09 bits per heavy atom. The second-order valence-electron chi connectivity index (χ2n) is 6.69. The van der Waals surface area contributed by atoms with Gasteiger partial charge in [0.25, 0.3) is 0 Å². The van der Waals surface area contributed by atoms with Gasteiger partial charge in [0.05, 0.1) is 12.5 Å². The van der Waals surface area contributed by atoms with Crippen molar-refractivity contribution in [2.24, 2.45) is 11.8 Å². The van der Waals surface area contributed by atoms with E-state index in [0.717, 1.165) is 11.0 Å². The van der Waals surface area contributed by atoms with E-state index < -0.39 is 7.92 Å². The maximum atomic E-state index is 5.82. The molecule has 2 aromatic heterocycles. The first-order valence-corrected chi connectivity index (χ1v) is 9.53. The zero-order chi connectivity index (χ0) is 15.7. The molecular weight excluding hydrogens is 293 g/mol. The number of hydrogen-bond acceptors (Lipinski definition) is 3. The van der Waals surface area contributed by atoms with E-state index in [-0.39, 0.29) is 0 Å². The number of rotatable bonds is 5. The van der Waals surface area contributed by atoms with Gasteiger partial charge in [-0.05, 0) is 75.6 Å². The van der Waals surface area contributed by atoms with Crippen LogP contribution in [0.5, 0.6) is 0 Å². The molecule has 1 aliphatic rings. The van der Waals surface area contributed by atoms with Crippen LogP contribution in [0.2, 0.25) is 0 Å². The van der Waals surface area contributed by atoms with Gasteiger partial charge in [-0.1, -0.05) is 6.92 Å². The van der Waals surface area contributed by atoms with E-state index in [4.69, 9.17) is 8.83 Å². The van der Waals surface area contributed by atoms with Crippen LogP contribution in [0.4, 0.5) is 0 Å². The molecular formula is C18H26NO2P. The maximum Gasteiger partial charge on any atom is 0.133 e. The van der Waals surface area contributed by atoms with Crippen molar-refractivity contribution in [3.63, 3.8) is 0 Å². The molecule has 4 atom stereocenters. The van der Waals surface area contributed by atoms with Gasteiger partial charge in [0.15, 0.2) is 0 Å². The molecule has 0 saturated heterocycles. The summed E-state index contributed by atoms with van der Waals surface area (Å²) >= 11 is 0. The smallest absolute Gasteiger partial charge is 0.133 e. The Morgan fingerprint density at radius 2 is 1.68 bits per heavy atom. The number of furan rings is 2. The highest BCUT2D eigenvalue weighted by Gasteiger charge is 2.44. The normalized spacial score (nSPS) is 26.9. The monoisotopic (exact) mass is 319 g/mol. The molecule has 0 aromatic carbocycles. The summed E-state index contributed by atoms with van der Waals surface area (Å²) in [4.78, 5) is 2.35. The third-order valence-electron chi connectivity index (χ3n) is 5.20. The Morgan fingerprint density at radius 3 is 2.14 bits per heavy atom. The third-order valence-corrected chi connectivity index (χ3v) is 8.14. The fraction of sp³-hybridized carbons (Fsp3) is 0.556. The second-order valence-corrected chi connectivity index (χ2v) is 8.90. The van der Waals surface area contributed by atoms with Crippen molar-refractivity contribution >= 4 is 18.9 Å². The van der Waals surface area contributed by atoms with E-state index >= 15 is 0 Å². The van der Waals surface area contributed by atoms with Crippen LogP contribution >= 0.6 is 7.92 Å². The highest BCUT2D eigenvalue weighted by molar-refractivity contribution is 7.72. The van der Waals surface area contributed by atoms with Crippen molar-refractivity contribution in [1.82, 2.24) is 4.90 Å². The molecule has 0 spiro atoms. The van der Waals surface area contributed by atoms with Crippen molar-refractivity contribution in [2.45, 2.75) is 38.4 Å². The van der Waals surface area contributed by atoms with Crippen molar-refractivity contribution in [3.8, 4) is 0 Å². The van der Waals surface area contributed by atoms with Crippen LogP contribution in [0.15, 0.2) is 45.6 Å². The minimum Gasteiger partial charge on any atom is -0.464 e. The van der Waals surface area contributed by atoms with Gasteiger partial charge in [0.2, 0.25) is 0 Å². The topological polar surface area (TPSA) is 29.5 Å². The third kappa shape index (κ3) is 2.89. The van der Waals surface area contributed by atoms with Crippen LogP contribution in [-0.4, -0.2) is 30.7 Å². The Balaban J connectivity index is 1.98. The van der Waals surface area contributed by atoms with E-state index in [1.54, 1.807) is 12.5 Å². The number of hydrogen-bond donors (Lipinski definition) is 0. The lowest BCUT2D eigenvalue weighted by atomic mass is 9.97. The Hall–Kier alpha value is -1.05. The van der Waals surface area contributed by atoms with Gasteiger partial charge in [-0.2, -0.15) is 0 Å². The van der Waals surface area contributed by atoms with Crippen LogP contribution in [0.25, 0.3) is 0 Å². The average molecular weight is 319 g/mol. The molecule has 0 amide bonds. The van der Waals surface area contributed by atoms with E-state index in [0.29, 0.717) is 23.5 Å². The average Bonchev–Trinajstić information content (AvgIpc) is 3.23. The lowest BCUT2D eigenvalue weighted by Crippen LogP contribution is -2.39. The fourth-order valence-corrected chi connectivity index (χ4v) is 6.88. The zero-order valence-electron chi connectivity index (χ0n) is 13.9. The highest BCUT2D eigenvalue weighted by atomic mass is 31.1. The lowest BCUT2D eigenvalue weighted by molar-refractivity contribution is 0.229. The summed E-state index contributed by atoms with van der Waals surface area (Å²) in [5.74, 6) is 1.39. The van der Waals surface area contributed by atoms with Crippen molar-refractivity contribution in [1.29, 1.82) is 0 Å². The molecule has 0 bridgehead atoms. The molecule has 1 aliphatic carbocycles. The Labute approximate surface area is 134 Å². The second kappa shape index (κ2) is 6.60. The van der Waals surface area contributed by atoms with E-state index in [1.165, 1.54) is 12.8 Å². The van der Waals surface area contributed by atoms with E-state index in [1.807, 2.05) is 12.1 Å². The molecule has 22 heavy (non-hydrogen) atoms. The summed E-state index contributed by atoms with van der Waals surface area (Å²) in [6, 6.07) is 8.81.